The molecule has 1 aromatic heterocycles. The summed E-state index contributed by atoms with van der Waals surface area (Å²) in [5.41, 5.74) is 10.5. The minimum Gasteiger partial charge on any atom is -0.542 e. The molecule has 0 saturated heterocycles. The maximum absolute atomic E-state index is 13.9. The van der Waals surface area contributed by atoms with Gasteiger partial charge in [0.1, 0.15) is 29.0 Å². The van der Waals surface area contributed by atoms with Crippen LogP contribution < -0.4 is 20.6 Å². The number of nitrogens with two attached hydrogens (primary N) is 1. The van der Waals surface area contributed by atoms with Crippen molar-refractivity contribution in [3.05, 3.63) is 101 Å². The minimum atomic E-state index is -5.19. The van der Waals surface area contributed by atoms with Crippen LogP contribution in [0.3, 0.4) is 0 Å². The Balaban J connectivity index is 0.000000479. The maximum Gasteiger partial charge on any atom is 0.490 e. The molecule has 3 aromatic carbocycles. The summed E-state index contributed by atoms with van der Waals surface area (Å²) in [6.07, 6.45) is -10.3. The fourth-order valence-corrected chi connectivity index (χ4v) is 3.95. The minimum absolute atomic E-state index is 0.0180. The molecule has 0 aliphatic heterocycles. The Bertz CT molecular complexity index is 1750. The van der Waals surface area contributed by atoms with Crippen LogP contribution in [0.25, 0.3) is 10.9 Å². The lowest BCUT2D eigenvalue weighted by molar-refractivity contribution is -0.344. The van der Waals surface area contributed by atoms with Gasteiger partial charge in [-0.2, -0.15) is 26.3 Å². The molecule has 0 bridgehead atoms. The first kappa shape index (κ1) is 38.7. The molecule has 0 saturated carbocycles. The van der Waals surface area contributed by atoms with E-state index in [0.29, 0.717) is 34.2 Å². The van der Waals surface area contributed by atoms with Gasteiger partial charge in [0.25, 0.3) is 5.91 Å². The van der Waals surface area contributed by atoms with Crippen molar-refractivity contribution in [2.24, 2.45) is 5.73 Å². The first-order valence-electron chi connectivity index (χ1n) is 13.5. The summed E-state index contributed by atoms with van der Waals surface area (Å²) in [6, 6.07) is 21.7. The summed E-state index contributed by atoms with van der Waals surface area (Å²) >= 11 is 0. The molecule has 0 aliphatic carbocycles. The Kier molecular flexibility index (Phi) is 12.4. The van der Waals surface area contributed by atoms with E-state index >= 15 is 0 Å². The average molecular weight is 686 g/mol. The third-order valence-electron chi connectivity index (χ3n) is 6.31. The number of quaternary nitrogens is 1. The number of carbonyl (C=O) groups is 3. The SMILES string of the molecule is C[N+](C)(C)c1ccc(CNC(=O)c2cc3cc(F)ccc3n2Cc2cccc(C(=N)N)c2)cc1.O=C(O)C(F)(F)F.O=C([O-])C(F)(F)F. The molecule has 0 atom stereocenters. The van der Waals surface area contributed by atoms with E-state index in [1.807, 2.05) is 34.9 Å². The highest BCUT2D eigenvalue weighted by Gasteiger charge is 2.38. The van der Waals surface area contributed by atoms with Crippen LogP contribution in [0.1, 0.15) is 27.2 Å². The van der Waals surface area contributed by atoms with Crippen molar-refractivity contribution < 1.29 is 55.3 Å². The highest BCUT2D eigenvalue weighted by molar-refractivity contribution is 5.99. The Morgan fingerprint density at radius 1 is 0.896 bits per heavy atom. The number of alkyl halides is 6. The molecule has 1 amide bonds. The van der Waals surface area contributed by atoms with E-state index < -0.39 is 24.3 Å². The van der Waals surface area contributed by atoms with Gasteiger partial charge in [-0.25, -0.2) is 9.18 Å². The van der Waals surface area contributed by atoms with Gasteiger partial charge >= 0.3 is 18.3 Å². The van der Waals surface area contributed by atoms with Crippen molar-refractivity contribution in [3.63, 3.8) is 0 Å². The molecule has 0 unspecified atom stereocenters. The number of benzene rings is 3. The molecule has 10 nitrogen and oxygen atoms in total. The molecular weight excluding hydrogens is 655 g/mol. The smallest absolute Gasteiger partial charge is 0.490 e. The fourth-order valence-electron chi connectivity index (χ4n) is 3.95. The van der Waals surface area contributed by atoms with Gasteiger partial charge in [-0.05, 0) is 53.6 Å². The second-order valence-corrected chi connectivity index (χ2v) is 10.9. The zero-order valence-corrected chi connectivity index (χ0v) is 25.5. The number of nitrogen functional groups attached to an aromatic ring is 1. The van der Waals surface area contributed by atoms with Crippen molar-refractivity contribution in [2.45, 2.75) is 25.4 Å². The van der Waals surface area contributed by atoms with Gasteiger partial charge in [-0.3, -0.25) is 14.7 Å². The number of amides is 1. The van der Waals surface area contributed by atoms with Crippen molar-refractivity contribution in [2.75, 3.05) is 21.1 Å². The molecule has 0 fully saturated rings. The van der Waals surface area contributed by atoms with Crippen LogP contribution >= 0.6 is 0 Å². The first-order chi connectivity index (χ1) is 22.0. The van der Waals surface area contributed by atoms with E-state index in [1.54, 1.807) is 18.2 Å². The molecular formula is C31H30F7N5O5. The molecule has 258 valence electrons. The highest BCUT2D eigenvalue weighted by atomic mass is 19.4. The molecule has 17 heteroatoms. The molecule has 0 aliphatic rings. The second kappa shape index (κ2) is 15.4. The van der Waals surface area contributed by atoms with Crippen LogP contribution in [0, 0.1) is 11.2 Å². The standard InChI is InChI=1S/C27H28FN5O.2C2HF3O2/c1-33(2,3)23-10-7-18(8-11-23)16-31-27(34)25-15-21-14-22(28)9-12-24(21)32(25)17-19-5-4-6-20(13-19)26(29)30;2*3-2(4,5)1(6)7/h4-15H,16-17H2,1-3H3,(H3-,29,30,31,34);2*(H,6,7). The van der Waals surface area contributed by atoms with E-state index in [-0.39, 0.29) is 17.6 Å². The maximum atomic E-state index is 13.9. The lowest BCUT2D eigenvalue weighted by Crippen LogP contribution is -2.37. The van der Waals surface area contributed by atoms with E-state index in [9.17, 15) is 35.5 Å². The van der Waals surface area contributed by atoms with Crippen molar-refractivity contribution in [1.29, 1.82) is 5.41 Å². The highest BCUT2D eigenvalue weighted by Crippen LogP contribution is 2.24. The van der Waals surface area contributed by atoms with Crippen LogP contribution in [0.4, 0.5) is 36.4 Å². The summed E-state index contributed by atoms with van der Waals surface area (Å²) < 4.78 is 79.8. The molecule has 0 radical (unpaired) electrons. The second-order valence-electron chi connectivity index (χ2n) is 10.9. The van der Waals surface area contributed by atoms with Gasteiger partial charge in [-0.15, -0.1) is 0 Å². The van der Waals surface area contributed by atoms with Crippen molar-refractivity contribution in [1.82, 2.24) is 14.4 Å². The number of carboxylic acid groups (broad SMARTS) is 2. The van der Waals surface area contributed by atoms with Crippen LogP contribution in [0.2, 0.25) is 0 Å². The van der Waals surface area contributed by atoms with Gasteiger partial charge in [0.05, 0.1) is 21.1 Å². The normalized spacial score (nSPS) is 11.5. The number of halogens is 7. The van der Waals surface area contributed by atoms with E-state index in [0.717, 1.165) is 16.6 Å². The van der Waals surface area contributed by atoms with Crippen molar-refractivity contribution in [3.8, 4) is 0 Å². The first-order valence-corrected chi connectivity index (χ1v) is 13.5. The van der Waals surface area contributed by atoms with Crippen LogP contribution in [0.15, 0.2) is 72.8 Å². The number of aliphatic carboxylic acids is 2. The van der Waals surface area contributed by atoms with Gasteiger partial charge in [0, 0.05) is 29.6 Å². The van der Waals surface area contributed by atoms with Crippen molar-refractivity contribution >= 4 is 40.3 Å². The number of hydrogen-bond acceptors (Lipinski definition) is 5. The number of nitrogens with zero attached hydrogens (tertiary/aromatic N) is 2. The zero-order chi connectivity index (χ0) is 36.6. The molecule has 48 heavy (non-hydrogen) atoms. The third kappa shape index (κ3) is 11.4. The fraction of sp³-hybridized carbons (Fsp3) is 0.226. The number of aromatic nitrogens is 1. The Morgan fingerprint density at radius 2 is 1.46 bits per heavy atom. The van der Waals surface area contributed by atoms with E-state index in [4.69, 9.17) is 30.9 Å². The Labute approximate surface area is 268 Å². The number of amidine groups is 1. The predicted molar refractivity (Wildman–Crippen MR) is 160 cm³/mol. The number of nitrogens with one attached hydrogen (secondary N) is 2. The van der Waals surface area contributed by atoms with Gasteiger partial charge < -0.3 is 30.6 Å². The number of carboxylic acids is 2. The Hall–Kier alpha value is -5.45. The number of carbonyl (C=O) groups excluding carboxylic acids is 2. The Morgan fingerprint density at radius 3 is 1.94 bits per heavy atom. The molecule has 4 rings (SSSR count). The summed E-state index contributed by atoms with van der Waals surface area (Å²) in [4.78, 5) is 30.9. The molecule has 4 aromatic rings. The average Bonchev–Trinajstić information content (AvgIpc) is 3.32. The number of fused-ring (bicyclic) bond motifs is 1. The summed E-state index contributed by atoms with van der Waals surface area (Å²) in [5, 5.41) is 27.2. The lowest BCUT2D eigenvalue weighted by Gasteiger charge is -2.23. The molecule has 1 heterocycles. The largest absolute Gasteiger partial charge is 0.542 e. The third-order valence-corrected chi connectivity index (χ3v) is 6.31. The van der Waals surface area contributed by atoms with E-state index in [2.05, 4.69) is 38.6 Å². The number of rotatable bonds is 7. The molecule has 0 spiro atoms. The van der Waals surface area contributed by atoms with Crippen LogP contribution in [0.5, 0.6) is 0 Å². The van der Waals surface area contributed by atoms with Crippen LogP contribution in [-0.4, -0.2) is 66.9 Å². The summed E-state index contributed by atoms with van der Waals surface area (Å²) in [7, 11) is 6.31. The number of hydrogen-bond donors (Lipinski definition) is 4. The monoisotopic (exact) mass is 685 g/mol. The summed E-state index contributed by atoms with van der Waals surface area (Å²) in [6.45, 7) is 0.767. The predicted octanol–water partition coefficient (Wildman–Crippen LogP) is 4.17. The molecule has 5 N–H and O–H groups in total. The van der Waals surface area contributed by atoms with Gasteiger partial charge in [0.15, 0.2) is 0 Å². The zero-order valence-electron chi connectivity index (χ0n) is 25.5. The summed E-state index contributed by atoms with van der Waals surface area (Å²) in [5.74, 6) is -6.38. The van der Waals surface area contributed by atoms with Gasteiger partial charge in [-0.1, -0.05) is 30.3 Å². The topological polar surface area (TPSA) is 161 Å². The van der Waals surface area contributed by atoms with Gasteiger partial charge in [0.2, 0.25) is 0 Å². The van der Waals surface area contributed by atoms with Crippen LogP contribution in [-0.2, 0) is 22.7 Å². The lowest BCUT2D eigenvalue weighted by atomic mass is 10.1. The quantitative estimate of drug-likeness (QED) is 0.0989. The van der Waals surface area contributed by atoms with E-state index in [1.165, 1.54) is 17.8 Å².